The predicted octanol–water partition coefficient (Wildman–Crippen LogP) is 4.03. The van der Waals surface area contributed by atoms with E-state index in [-0.39, 0.29) is 0 Å². The fraction of sp³-hybridized carbons (Fsp3) is 0.143. The highest BCUT2D eigenvalue weighted by Gasteiger charge is 2.30. The molecule has 0 aliphatic rings. The summed E-state index contributed by atoms with van der Waals surface area (Å²) in [5.74, 6) is 6.81. The molecule has 2 aromatic heterocycles. The molecule has 120 valence electrons. The van der Waals surface area contributed by atoms with Crippen LogP contribution in [0.2, 0.25) is 0 Å². The number of halogens is 3. The number of rotatable bonds is 4. The van der Waals surface area contributed by atoms with E-state index in [4.69, 9.17) is 5.84 Å². The molecule has 0 saturated carbocycles. The van der Waals surface area contributed by atoms with E-state index in [9.17, 15) is 13.2 Å². The minimum atomic E-state index is -4.35. The number of aromatic nitrogens is 3. The molecular formula is C14H11F3N4S2. The Balaban J connectivity index is 1.75. The van der Waals surface area contributed by atoms with E-state index in [1.54, 1.807) is 6.07 Å². The van der Waals surface area contributed by atoms with Gasteiger partial charge in [-0.1, -0.05) is 36.0 Å². The second-order valence-corrected chi connectivity index (χ2v) is 6.53. The summed E-state index contributed by atoms with van der Waals surface area (Å²) < 4.78 is 39.5. The first kappa shape index (κ1) is 15.9. The highest BCUT2D eigenvalue weighted by Crippen LogP contribution is 2.31. The van der Waals surface area contributed by atoms with Gasteiger partial charge in [0.25, 0.3) is 0 Å². The third-order valence-corrected chi connectivity index (χ3v) is 4.91. The van der Waals surface area contributed by atoms with Crippen molar-refractivity contribution in [3.05, 3.63) is 52.9 Å². The SMILES string of the molecule is Nn1c(SCc2cccc(C(F)(F)F)c2)nnc1-c1cccs1. The van der Waals surface area contributed by atoms with Gasteiger partial charge in [-0.3, -0.25) is 0 Å². The number of benzene rings is 1. The fourth-order valence-electron chi connectivity index (χ4n) is 1.93. The lowest BCUT2D eigenvalue weighted by Crippen LogP contribution is -2.11. The largest absolute Gasteiger partial charge is 0.416 e. The number of nitrogen functional groups attached to an aromatic ring is 1. The molecule has 0 unspecified atom stereocenters. The van der Waals surface area contributed by atoms with Crippen molar-refractivity contribution in [1.29, 1.82) is 0 Å². The Bertz CT molecular complexity index is 797. The molecule has 0 aliphatic carbocycles. The normalized spacial score (nSPS) is 11.8. The molecule has 0 saturated heterocycles. The molecule has 0 amide bonds. The third kappa shape index (κ3) is 3.50. The number of hydrogen-bond donors (Lipinski definition) is 1. The lowest BCUT2D eigenvalue weighted by atomic mass is 10.1. The maximum absolute atomic E-state index is 12.7. The van der Waals surface area contributed by atoms with Gasteiger partial charge in [-0.2, -0.15) is 13.2 Å². The molecule has 1 aromatic carbocycles. The first-order valence-electron chi connectivity index (χ1n) is 6.48. The monoisotopic (exact) mass is 356 g/mol. The molecule has 2 heterocycles. The van der Waals surface area contributed by atoms with Crippen LogP contribution in [0.4, 0.5) is 13.2 Å². The van der Waals surface area contributed by atoms with Gasteiger partial charge in [0.15, 0.2) is 5.82 Å². The van der Waals surface area contributed by atoms with E-state index in [1.165, 1.54) is 33.8 Å². The summed E-state index contributed by atoms with van der Waals surface area (Å²) in [5.41, 5.74) is -0.116. The van der Waals surface area contributed by atoms with E-state index in [0.29, 0.717) is 22.3 Å². The Labute approximate surface area is 138 Å². The van der Waals surface area contributed by atoms with Crippen LogP contribution in [0, 0.1) is 0 Å². The van der Waals surface area contributed by atoms with Gasteiger partial charge in [0.05, 0.1) is 10.4 Å². The molecule has 0 bridgehead atoms. The summed E-state index contributed by atoms with van der Waals surface area (Å²) in [6, 6.07) is 8.96. The Kier molecular flexibility index (Phi) is 4.31. The zero-order valence-electron chi connectivity index (χ0n) is 11.6. The Morgan fingerprint density at radius 1 is 1.17 bits per heavy atom. The molecule has 3 aromatic rings. The highest BCUT2D eigenvalue weighted by molar-refractivity contribution is 7.98. The van der Waals surface area contributed by atoms with Crippen LogP contribution in [0.25, 0.3) is 10.7 Å². The summed E-state index contributed by atoms with van der Waals surface area (Å²) in [6.07, 6.45) is -4.35. The van der Waals surface area contributed by atoms with Gasteiger partial charge >= 0.3 is 6.18 Å². The van der Waals surface area contributed by atoms with Crippen molar-refractivity contribution in [3.63, 3.8) is 0 Å². The van der Waals surface area contributed by atoms with Gasteiger partial charge < -0.3 is 5.84 Å². The molecule has 4 nitrogen and oxygen atoms in total. The molecule has 0 radical (unpaired) electrons. The average Bonchev–Trinajstić information content (AvgIpc) is 3.14. The number of thiophene rings is 1. The zero-order valence-corrected chi connectivity index (χ0v) is 13.3. The smallest absolute Gasteiger partial charge is 0.335 e. The van der Waals surface area contributed by atoms with E-state index >= 15 is 0 Å². The lowest BCUT2D eigenvalue weighted by molar-refractivity contribution is -0.137. The predicted molar refractivity (Wildman–Crippen MR) is 84.5 cm³/mol. The standard InChI is InChI=1S/C14H11F3N4S2/c15-14(16,17)10-4-1-3-9(7-10)8-23-13-20-19-12(21(13)18)11-5-2-6-22-11/h1-7H,8,18H2. The van der Waals surface area contributed by atoms with Crippen molar-refractivity contribution >= 4 is 23.1 Å². The van der Waals surface area contributed by atoms with Gasteiger partial charge in [-0.05, 0) is 23.1 Å². The third-order valence-electron chi connectivity index (χ3n) is 3.03. The first-order valence-corrected chi connectivity index (χ1v) is 8.35. The maximum Gasteiger partial charge on any atom is 0.416 e. The summed E-state index contributed by atoms with van der Waals surface area (Å²) in [4.78, 5) is 0.880. The minimum absolute atomic E-state index is 0.323. The van der Waals surface area contributed by atoms with Gasteiger partial charge in [0.1, 0.15) is 0 Å². The van der Waals surface area contributed by atoms with Crippen molar-refractivity contribution in [2.24, 2.45) is 0 Å². The summed E-state index contributed by atoms with van der Waals surface area (Å²) in [7, 11) is 0. The average molecular weight is 356 g/mol. The molecular weight excluding hydrogens is 345 g/mol. The van der Waals surface area contributed by atoms with Crippen LogP contribution >= 0.6 is 23.1 Å². The van der Waals surface area contributed by atoms with Crippen LogP contribution in [0.1, 0.15) is 11.1 Å². The second-order valence-electron chi connectivity index (χ2n) is 4.64. The number of nitrogens with two attached hydrogens (primary N) is 1. The van der Waals surface area contributed by atoms with Crippen molar-refractivity contribution < 1.29 is 13.2 Å². The quantitative estimate of drug-likeness (QED) is 0.566. The molecule has 2 N–H and O–H groups in total. The Morgan fingerprint density at radius 3 is 2.70 bits per heavy atom. The molecule has 0 atom stereocenters. The van der Waals surface area contributed by atoms with Gasteiger partial charge in [0, 0.05) is 5.75 Å². The number of nitrogens with zero attached hydrogens (tertiary/aromatic N) is 3. The van der Waals surface area contributed by atoms with Crippen LogP contribution in [-0.2, 0) is 11.9 Å². The van der Waals surface area contributed by atoms with Crippen LogP contribution in [0.3, 0.4) is 0 Å². The number of thioether (sulfide) groups is 1. The second kappa shape index (κ2) is 6.25. The molecule has 0 fully saturated rings. The van der Waals surface area contributed by atoms with E-state index in [1.807, 2.05) is 17.5 Å². The van der Waals surface area contributed by atoms with Crippen LogP contribution in [0.15, 0.2) is 46.9 Å². The summed E-state index contributed by atoms with van der Waals surface area (Å²) in [6.45, 7) is 0. The maximum atomic E-state index is 12.7. The van der Waals surface area contributed by atoms with Crippen molar-refractivity contribution in [2.45, 2.75) is 17.1 Å². The van der Waals surface area contributed by atoms with Crippen LogP contribution in [-0.4, -0.2) is 14.9 Å². The van der Waals surface area contributed by atoms with Crippen LogP contribution in [0.5, 0.6) is 0 Å². The minimum Gasteiger partial charge on any atom is -0.335 e. The highest BCUT2D eigenvalue weighted by atomic mass is 32.2. The van der Waals surface area contributed by atoms with Crippen molar-refractivity contribution in [1.82, 2.24) is 14.9 Å². The van der Waals surface area contributed by atoms with Crippen LogP contribution < -0.4 is 5.84 Å². The van der Waals surface area contributed by atoms with Gasteiger partial charge in [-0.15, -0.1) is 21.5 Å². The zero-order chi connectivity index (χ0) is 16.4. The van der Waals surface area contributed by atoms with Gasteiger partial charge in [0.2, 0.25) is 5.16 Å². The van der Waals surface area contributed by atoms with E-state index in [0.717, 1.165) is 17.0 Å². The molecule has 23 heavy (non-hydrogen) atoms. The Hall–Kier alpha value is -2.00. The lowest BCUT2D eigenvalue weighted by Gasteiger charge is -2.08. The first-order chi connectivity index (χ1) is 10.9. The molecule has 0 spiro atoms. The summed E-state index contributed by atoms with van der Waals surface area (Å²) >= 11 is 2.72. The number of alkyl halides is 3. The fourth-order valence-corrected chi connectivity index (χ4v) is 3.44. The number of hydrogen-bond acceptors (Lipinski definition) is 5. The van der Waals surface area contributed by atoms with E-state index in [2.05, 4.69) is 10.2 Å². The molecule has 9 heteroatoms. The molecule has 3 rings (SSSR count). The van der Waals surface area contributed by atoms with Crippen molar-refractivity contribution in [3.8, 4) is 10.7 Å². The molecule has 0 aliphatic heterocycles. The van der Waals surface area contributed by atoms with Crippen molar-refractivity contribution in [2.75, 3.05) is 5.84 Å². The Morgan fingerprint density at radius 2 is 2.00 bits per heavy atom. The summed E-state index contributed by atoms with van der Waals surface area (Å²) in [5, 5.41) is 10.4. The van der Waals surface area contributed by atoms with E-state index < -0.39 is 11.7 Å². The topological polar surface area (TPSA) is 56.7 Å². The van der Waals surface area contributed by atoms with Gasteiger partial charge in [-0.25, -0.2) is 4.68 Å².